The first-order chi connectivity index (χ1) is 12.6. The number of nitrogens with two attached hydrogens (primary N) is 1. The molecule has 2 aromatic heterocycles. The highest BCUT2D eigenvalue weighted by Crippen LogP contribution is 2.34. The molecule has 3 heterocycles. The van der Waals surface area contributed by atoms with Crippen molar-refractivity contribution in [1.82, 2.24) is 19.5 Å². The number of hydrogen-bond donors (Lipinski definition) is 7. The minimum Gasteiger partial charge on any atom is -0.394 e. The fourth-order valence-electron chi connectivity index (χ4n) is 2.30. The number of aliphatic hydroxyl groups is 2. The summed E-state index contributed by atoms with van der Waals surface area (Å²) in [4.78, 5) is 37.3. The molecule has 7 N–H and O–H groups in total. The van der Waals surface area contributed by atoms with Gasteiger partial charge in [0.15, 0.2) is 21.7 Å². The zero-order chi connectivity index (χ0) is 20.3. The molecule has 14 nitrogen and oxygen atoms in total. The third kappa shape index (κ3) is 5.04. The van der Waals surface area contributed by atoms with Gasteiger partial charge in [0, 0.05) is 9.13 Å². The van der Waals surface area contributed by atoms with Gasteiger partial charge in [-0.1, -0.05) is 0 Å². The van der Waals surface area contributed by atoms with Crippen molar-refractivity contribution in [2.75, 3.05) is 12.3 Å². The molecule has 2 aromatic rings. The molecule has 1 aliphatic rings. The Morgan fingerprint density at radius 2 is 2.04 bits per heavy atom. The summed E-state index contributed by atoms with van der Waals surface area (Å²) < 4.78 is 29.2. The Balaban J connectivity index is 0.000000321. The molecule has 0 amide bonds. The van der Waals surface area contributed by atoms with Crippen LogP contribution in [0.1, 0.15) is 6.23 Å². The van der Waals surface area contributed by atoms with Crippen LogP contribution >= 0.6 is 29.1 Å². The lowest BCUT2D eigenvalue weighted by molar-refractivity contribution is -0.0430. The summed E-state index contributed by atoms with van der Waals surface area (Å²) in [5.41, 5.74) is 5.40. The van der Waals surface area contributed by atoms with Crippen LogP contribution < -0.4 is 11.3 Å². The lowest BCUT2D eigenvalue weighted by Gasteiger charge is -2.16. The maximum atomic E-state index is 11.7. The monoisotopic (exact) mass is 443 g/mol. The largest absolute Gasteiger partial charge is 0.745 e. The lowest BCUT2D eigenvalue weighted by atomic mass is 10.2. The number of anilines is 1. The Morgan fingerprint density at radius 1 is 1.41 bits per heavy atom. The summed E-state index contributed by atoms with van der Waals surface area (Å²) in [5, 5.41) is 18.4. The molecule has 1 saturated heterocycles. The quantitative estimate of drug-likeness (QED) is 0.213. The van der Waals surface area contributed by atoms with E-state index in [2.05, 4.69) is 31.9 Å². The average molecular weight is 443 g/mol. The molecule has 27 heavy (non-hydrogen) atoms. The van der Waals surface area contributed by atoms with Crippen molar-refractivity contribution in [3.05, 3.63) is 16.7 Å². The molecule has 0 radical (unpaired) electrons. The topological polar surface area (TPSA) is 223 Å². The number of imidazole rings is 1. The predicted octanol–water partition coefficient (Wildman–Crippen LogP) is -1.45. The first-order valence-electron chi connectivity index (χ1n) is 7.00. The second-order valence-electron chi connectivity index (χ2n) is 5.06. The number of H-pyrrole nitrogens is 1. The molecule has 6 atom stereocenters. The van der Waals surface area contributed by atoms with Crippen molar-refractivity contribution in [3.63, 3.8) is 0 Å². The van der Waals surface area contributed by atoms with Gasteiger partial charge in [-0.2, -0.15) is 17.6 Å². The first-order valence-corrected chi connectivity index (χ1v) is 9.78. The van der Waals surface area contributed by atoms with Gasteiger partial charge in [-0.3, -0.25) is 14.3 Å². The smallest absolute Gasteiger partial charge is 0.394 e. The highest BCUT2D eigenvalue weighted by Gasteiger charge is 2.43. The summed E-state index contributed by atoms with van der Waals surface area (Å²) in [5.74, 6) is -0.0442. The molecule has 2 unspecified atom stereocenters. The third-order valence-electron chi connectivity index (χ3n) is 3.38. The molecule has 3 rings (SSSR count). The number of aromatic amines is 1. The molecule has 1 aliphatic heterocycles. The van der Waals surface area contributed by atoms with Crippen molar-refractivity contribution in [1.29, 1.82) is 0 Å². The van der Waals surface area contributed by atoms with Gasteiger partial charge in [-0.25, -0.2) is 4.98 Å². The van der Waals surface area contributed by atoms with Crippen LogP contribution in [0.3, 0.4) is 0 Å². The van der Waals surface area contributed by atoms with Gasteiger partial charge in [-0.15, -0.1) is 9.79 Å². The molecule has 0 aliphatic carbocycles. The van der Waals surface area contributed by atoms with Crippen LogP contribution in [0, 0.1) is 0 Å². The van der Waals surface area contributed by atoms with E-state index in [1.165, 1.54) is 10.9 Å². The van der Waals surface area contributed by atoms with Crippen LogP contribution in [-0.4, -0.2) is 63.6 Å². The van der Waals surface area contributed by atoms with Crippen LogP contribution in [0.2, 0.25) is 0 Å². The van der Waals surface area contributed by atoms with Gasteiger partial charge in [0.05, 0.1) is 24.3 Å². The Hall–Kier alpha value is -1.54. The number of fused-ring (bicyclic) bond motifs is 1. The fraction of sp³-hybridized carbons (Fsp3) is 0.500. The van der Waals surface area contributed by atoms with Gasteiger partial charge in [-0.05, 0) is 0 Å². The molecular weight excluding hydrogens is 428 g/mol. The SMILES string of the molecule is Nc1nc2c(ncn2[C@@H]2O[C@H](CO)[C@@H](O)[C@H]2S)c(=O)[nH]1.O=[P+](O)O[P+](=O)O. The van der Waals surface area contributed by atoms with Gasteiger partial charge in [0.2, 0.25) is 5.95 Å². The van der Waals surface area contributed by atoms with Crippen molar-refractivity contribution < 1.29 is 38.2 Å². The lowest BCUT2D eigenvalue weighted by Crippen LogP contribution is -2.30. The van der Waals surface area contributed by atoms with Crippen molar-refractivity contribution >= 4 is 46.3 Å². The molecule has 0 aromatic carbocycles. The van der Waals surface area contributed by atoms with Crippen LogP contribution in [0.4, 0.5) is 5.95 Å². The van der Waals surface area contributed by atoms with Crippen LogP contribution in [-0.2, 0) is 18.2 Å². The van der Waals surface area contributed by atoms with E-state index in [-0.39, 0.29) is 23.7 Å². The molecule has 0 spiro atoms. The minimum atomic E-state index is -2.92. The summed E-state index contributed by atoms with van der Waals surface area (Å²) in [6.45, 7) is -0.336. The Morgan fingerprint density at radius 3 is 2.52 bits per heavy atom. The Bertz CT molecular complexity index is 895. The van der Waals surface area contributed by atoms with Crippen LogP contribution in [0.25, 0.3) is 11.2 Å². The highest BCUT2D eigenvalue weighted by atomic mass is 32.1. The number of ether oxygens (including phenoxy) is 1. The van der Waals surface area contributed by atoms with E-state index in [0.717, 1.165) is 0 Å². The van der Waals surface area contributed by atoms with E-state index in [1.54, 1.807) is 0 Å². The second-order valence-corrected chi connectivity index (χ2v) is 7.26. The van der Waals surface area contributed by atoms with Gasteiger partial charge >= 0.3 is 16.5 Å². The van der Waals surface area contributed by atoms with Gasteiger partial charge in [0.25, 0.3) is 5.56 Å². The zero-order valence-corrected chi connectivity index (χ0v) is 15.9. The fourth-order valence-corrected chi connectivity index (χ4v) is 3.18. The first kappa shape index (κ1) is 21.8. The van der Waals surface area contributed by atoms with E-state index >= 15 is 0 Å². The number of hydrogen-bond acceptors (Lipinski definition) is 11. The standard InChI is InChI=1S/C10H13N5O4S.O5P2/c11-10-13-7-4(8(18)14-10)12-2-15(7)9-6(20)5(17)3(1-16)19-9;1-6(2)5-7(3)4/h2-3,5-6,9,16-17,20H,1H2,(H3,11,13,14,18);/p+2/t3-,5-,6-,9-;/m1./s1. The van der Waals surface area contributed by atoms with E-state index in [9.17, 15) is 19.0 Å². The van der Waals surface area contributed by atoms with E-state index in [4.69, 9.17) is 25.4 Å². The van der Waals surface area contributed by atoms with Crippen LogP contribution in [0.5, 0.6) is 0 Å². The molecular formula is C10H15N5O9P2S+2. The normalized spacial score (nSPS) is 25.8. The number of aromatic nitrogens is 4. The molecule has 0 bridgehead atoms. The number of nitrogens with one attached hydrogen (secondary N) is 1. The number of nitrogen functional groups attached to an aromatic ring is 1. The molecule has 1 fully saturated rings. The average Bonchev–Trinajstić information content (AvgIpc) is 3.09. The van der Waals surface area contributed by atoms with Gasteiger partial charge < -0.3 is 20.7 Å². The zero-order valence-electron chi connectivity index (χ0n) is 13.2. The maximum Gasteiger partial charge on any atom is 0.745 e. The number of aliphatic hydroxyl groups excluding tert-OH is 2. The molecule has 17 heteroatoms. The Labute approximate surface area is 157 Å². The second kappa shape index (κ2) is 9.10. The van der Waals surface area contributed by atoms with Crippen molar-refractivity contribution in [2.24, 2.45) is 0 Å². The third-order valence-corrected chi connectivity index (χ3v) is 5.06. The summed E-state index contributed by atoms with van der Waals surface area (Å²) >= 11 is 4.28. The number of rotatable bonds is 4. The summed E-state index contributed by atoms with van der Waals surface area (Å²) in [6.07, 6.45) is -1.03. The number of nitrogens with zero attached hydrogens (tertiary/aromatic N) is 3. The Kier molecular flexibility index (Phi) is 7.33. The summed E-state index contributed by atoms with van der Waals surface area (Å²) in [6, 6.07) is 0. The number of thiol groups is 1. The maximum absolute atomic E-state index is 11.7. The van der Waals surface area contributed by atoms with E-state index in [1.807, 2.05) is 0 Å². The van der Waals surface area contributed by atoms with Gasteiger partial charge in [0.1, 0.15) is 6.10 Å². The summed E-state index contributed by atoms with van der Waals surface area (Å²) in [7, 11) is -5.85. The van der Waals surface area contributed by atoms with Crippen LogP contribution in [0.15, 0.2) is 11.1 Å². The predicted molar refractivity (Wildman–Crippen MR) is 93.1 cm³/mol. The molecule has 148 valence electrons. The highest BCUT2D eigenvalue weighted by molar-refractivity contribution is 7.81. The minimum absolute atomic E-state index is 0.0442. The molecule has 0 saturated carbocycles. The van der Waals surface area contributed by atoms with Crippen molar-refractivity contribution in [3.8, 4) is 0 Å². The van der Waals surface area contributed by atoms with E-state index < -0.39 is 45.8 Å². The van der Waals surface area contributed by atoms with E-state index in [0.29, 0.717) is 0 Å². The van der Waals surface area contributed by atoms with Crippen molar-refractivity contribution in [2.45, 2.75) is 23.7 Å².